The van der Waals surface area contributed by atoms with Gasteiger partial charge in [-0.05, 0) is 45.8 Å². The van der Waals surface area contributed by atoms with Crippen LogP contribution in [0.2, 0.25) is 18.1 Å². The molecule has 0 aromatic heterocycles. The molecular weight excluding hydrogens is 396 g/mol. The quantitative estimate of drug-likeness (QED) is 0.484. The average Bonchev–Trinajstić information content (AvgIpc) is 3.02. The molecule has 0 aromatic carbocycles. The van der Waals surface area contributed by atoms with Crippen molar-refractivity contribution in [3.63, 3.8) is 0 Å². The fourth-order valence-corrected chi connectivity index (χ4v) is 4.64. The molecule has 2 rings (SSSR count). The predicted molar refractivity (Wildman–Crippen MR) is 108 cm³/mol. The molecular formula is C20H36O8Si. The first-order chi connectivity index (χ1) is 12.9. The third-order valence-electron chi connectivity index (χ3n) is 5.80. The van der Waals surface area contributed by atoms with Crippen molar-refractivity contribution in [1.29, 1.82) is 0 Å². The van der Waals surface area contributed by atoms with Crippen LogP contribution in [0.1, 0.15) is 54.9 Å². The fraction of sp³-hybridized carbons (Fsp3) is 0.900. The van der Waals surface area contributed by atoms with Crippen LogP contribution in [-0.4, -0.2) is 67.8 Å². The number of ether oxygens (including phenoxy) is 4. The highest BCUT2D eigenvalue weighted by Gasteiger charge is 2.54. The van der Waals surface area contributed by atoms with E-state index >= 15 is 0 Å². The Balaban J connectivity index is 2.37. The number of hydrogen-bond donors (Lipinski definition) is 1. The maximum absolute atomic E-state index is 11.9. The topological polar surface area (TPSA) is 101 Å². The van der Waals surface area contributed by atoms with E-state index in [0.29, 0.717) is 6.61 Å². The number of Topliss-reactive ketones (excluding diaryl/α,β-unsaturated/α-hetero) is 1. The Labute approximate surface area is 174 Å². The van der Waals surface area contributed by atoms with Crippen LogP contribution >= 0.6 is 0 Å². The summed E-state index contributed by atoms with van der Waals surface area (Å²) in [6.45, 7) is 18.1. The first kappa shape index (κ1) is 24.4. The van der Waals surface area contributed by atoms with Crippen LogP contribution < -0.4 is 0 Å². The SMILES string of the molecule is CC1(C)O[C@@H]([C@H](O[Si](C)(C)C(C)(C)C)[C@H]2COC(C)(C)O2)[C@H](CC(=O)C(=O)O)O1. The van der Waals surface area contributed by atoms with E-state index in [1.54, 1.807) is 13.8 Å². The van der Waals surface area contributed by atoms with Gasteiger partial charge in [0.15, 0.2) is 19.9 Å². The summed E-state index contributed by atoms with van der Waals surface area (Å²) >= 11 is 0. The van der Waals surface area contributed by atoms with Crippen LogP contribution in [0, 0.1) is 0 Å². The predicted octanol–water partition coefficient (Wildman–Crippen LogP) is 3.09. The van der Waals surface area contributed by atoms with Gasteiger partial charge in [0.25, 0.3) is 0 Å². The molecule has 2 aliphatic heterocycles. The first-order valence-electron chi connectivity index (χ1n) is 10.1. The van der Waals surface area contributed by atoms with E-state index in [0.717, 1.165) is 0 Å². The molecule has 1 N–H and O–H groups in total. The van der Waals surface area contributed by atoms with E-state index < -0.39 is 56.1 Å². The summed E-state index contributed by atoms with van der Waals surface area (Å²) in [7, 11) is -2.26. The van der Waals surface area contributed by atoms with Gasteiger partial charge in [-0.3, -0.25) is 4.79 Å². The molecule has 0 aromatic rings. The van der Waals surface area contributed by atoms with Crippen molar-refractivity contribution < 1.29 is 38.1 Å². The molecule has 2 aliphatic rings. The van der Waals surface area contributed by atoms with Gasteiger partial charge in [0.05, 0.1) is 12.7 Å². The van der Waals surface area contributed by atoms with E-state index in [-0.39, 0.29) is 11.5 Å². The van der Waals surface area contributed by atoms with Gasteiger partial charge in [0.1, 0.15) is 18.3 Å². The Morgan fingerprint density at radius 1 is 1.10 bits per heavy atom. The number of carbonyl (C=O) groups is 2. The van der Waals surface area contributed by atoms with Gasteiger partial charge in [-0.2, -0.15) is 0 Å². The fourth-order valence-electron chi connectivity index (χ4n) is 3.32. The van der Waals surface area contributed by atoms with Gasteiger partial charge in [-0.25, -0.2) is 4.79 Å². The maximum atomic E-state index is 11.9. The lowest BCUT2D eigenvalue weighted by molar-refractivity contribution is -0.176. The van der Waals surface area contributed by atoms with Crippen molar-refractivity contribution in [2.75, 3.05) is 6.61 Å². The standard InChI is InChI=1S/C20H36O8Si/c1-18(2,3)29(8,9)28-16(14-11-24-19(4,5)26-14)15-13(10-12(21)17(22)23)25-20(6,7)27-15/h13-16H,10-11H2,1-9H3,(H,22,23)/t13-,14+,15+,16+/m0/s1. The van der Waals surface area contributed by atoms with Crippen molar-refractivity contribution in [2.24, 2.45) is 0 Å². The molecule has 0 radical (unpaired) electrons. The number of carbonyl (C=O) groups excluding carboxylic acids is 1. The summed E-state index contributed by atoms with van der Waals surface area (Å²) in [6.07, 6.45) is -2.70. The molecule has 168 valence electrons. The second-order valence-electron chi connectivity index (χ2n) is 10.3. The zero-order valence-corrected chi connectivity index (χ0v) is 20.0. The molecule has 0 saturated carbocycles. The molecule has 2 saturated heterocycles. The van der Waals surface area contributed by atoms with Crippen LogP contribution in [0.25, 0.3) is 0 Å². The van der Waals surface area contributed by atoms with Crippen molar-refractivity contribution >= 4 is 20.1 Å². The lowest BCUT2D eigenvalue weighted by atomic mass is 9.99. The minimum absolute atomic E-state index is 0.0679. The van der Waals surface area contributed by atoms with Gasteiger partial charge in [0.2, 0.25) is 5.78 Å². The van der Waals surface area contributed by atoms with Crippen molar-refractivity contribution in [2.45, 2.75) is 109 Å². The van der Waals surface area contributed by atoms with Crippen molar-refractivity contribution in [1.82, 2.24) is 0 Å². The number of ketones is 1. The molecule has 0 unspecified atom stereocenters. The zero-order valence-electron chi connectivity index (χ0n) is 19.0. The highest BCUT2D eigenvalue weighted by atomic mass is 28.4. The van der Waals surface area contributed by atoms with Crippen LogP contribution in [-0.2, 0) is 33.0 Å². The van der Waals surface area contributed by atoms with Gasteiger partial charge in [-0.15, -0.1) is 0 Å². The monoisotopic (exact) mass is 432 g/mol. The van der Waals surface area contributed by atoms with Crippen LogP contribution in [0.15, 0.2) is 0 Å². The maximum Gasteiger partial charge on any atom is 0.372 e. The number of aliphatic carboxylic acids is 1. The Hall–Kier alpha value is -0.843. The third-order valence-corrected chi connectivity index (χ3v) is 10.3. The minimum Gasteiger partial charge on any atom is -0.475 e. The molecule has 2 heterocycles. The van der Waals surface area contributed by atoms with Gasteiger partial charge in [-0.1, -0.05) is 20.8 Å². The van der Waals surface area contributed by atoms with E-state index in [4.69, 9.17) is 28.5 Å². The summed E-state index contributed by atoms with van der Waals surface area (Å²) in [4.78, 5) is 23.0. The molecule has 0 bridgehead atoms. The smallest absolute Gasteiger partial charge is 0.372 e. The van der Waals surface area contributed by atoms with E-state index in [1.165, 1.54) is 0 Å². The van der Waals surface area contributed by atoms with Gasteiger partial charge < -0.3 is 28.5 Å². The number of carboxylic acid groups (broad SMARTS) is 1. The van der Waals surface area contributed by atoms with Crippen LogP contribution in [0.3, 0.4) is 0 Å². The third kappa shape index (κ3) is 5.86. The molecule has 29 heavy (non-hydrogen) atoms. The highest BCUT2D eigenvalue weighted by Crippen LogP contribution is 2.42. The Morgan fingerprint density at radius 2 is 1.69 bits per heavy atom. The van der Waals surface area contributed by atoms with Gasteiger partial charge >= 0.3 is 5.97 Å². The molecule has 4 atom stereocenters. The number of rotatable bonds is 7. The van der Waals surface area contributed by atoms with Crippen molar-refractivity contribution in [3.05, 3.63) is 0 Å². The molecule has 8 nitrogen and oxygen atoms in total. The Bertz CT molecular complexity index is 637. The largest absolute Gasteiger partial charge is 0.475 e. The second kappa shape index (κ2) is 8.01. The lowest BCUT2D eigenvalue weighted by Gasteiger charge is -2.42. The summed E-state index contributed by atoms with van der Waals surface area (Å²) < 4.78 is 30.6. The van der Waals surface area contributed by atoms with Gasteiger partial charge in [0, 0.05) is 6.42 Å². The Morgan fingerprint density at radius 3 is 2.14 bits per heavy atom. The van der Waals surface area contributed by atoms with Crippen molar-refractivity contribution in [3.8, 4) is 0 Å². The number of carboxylic acids is 1. The first-order valence-corrected chi connectivity index (χ1v) is 13.0. The Kier molecular flexibility index (Phi) is 6.75. The lowest BCUT2D eigenvalue weighted by Crippen LogP contribution is -2.54. The van der Waals surface area contributed by atoms with E-state index in [1.807, 2.05) is 13.8 Å². The van der Waals surface area contributed by atoms with E-state index in [9.17, 15) is 9.59 Å². The van der Waals surface area contributed by atoms with Crippen LogP contribution in [0.4, 0.5) is 0 Å². The molecule has 0 spiro atoms. The minimum atomic E-state index is -2.26. The summed E-state index contributed by atoms with van der Waals surface area (Å²) in [5, 5.41) is 8.99. The molecule has 0 aliphatic carbocycles. The van der Waals surface area contributed by atoms with E-state index in [2.05, 4.69) is 33.9 Å². The molecule has 2 fully saturated rings. The highest BCUT2D eigenvalue weighted by molar-refractivity contribution is 6.74. The second-order valence-corrected chi connectivity index (χ2v) is 15.0. The number of hydrogen-bond acceptors (Lipinski definition) is 7. The normalized spacial score (nSPS) is 30.3. The average molecular weight is 433 g/mol. The summed E-state index contributed by atoms with van der Waals surface area (Å²) in [5.41, 5.74) is 0. The summed E-state index contributed by atoms with van der Waals surface area (Å²) in [5.74, 6) is -4.14. The molecule has 9 heteroatoms. The van der Waals surface area contributed by atoms with Crippen LogP contribution in [0.5, 0.6) is 0 Å². The molecule has 0 amide bonds. The summed E-state index contributed by atoms with van der Waals surface area (Å²) in [6, 6.07) is 0. The zero-order chi connectivity index (χ0) is 22.4.